The van der Waals surface area contributed by atoms with Gasteiger partial charge in [0.05, 0.1) is 11.2 Å². The molecule has 0 spiro atoms. The summed E-state index contributed by atoms with van der Waals surface area (Å²) in [6, 6.07) is 36.3. The van der Waals surface area contributed by atoms with Crippen LogP contribution in [0.5, 0.6) is 0 Å². The minimum absolute atomic E-state index is 0.445. The molecule has 49 heavy (non-hydrogen) atoms. The molecule has 9 nitrogen and oxygen atoms in total. The topological polar surface area (TPSA) is 108 Å². The zero-order valence-corrected chi connectivity index (χ0v) is 26.0. The smallest absolute Gasteiger partial charge is 0.182 e. The van der Waals surface area contributed by atoms with Gasteiger partial charge in [-0.05, 0) is 47.9 Å². The second kappa shape index (κ2) is 12.0. The molecule has 0 saturated heterocycles. The van der Waals surface area contributed by atoms with E-state index in [1.807, 2.05) is 108 Å². The summed E-state index contributed by atoms with van der Waals surface area (Å²) in [4.78, 5) is 32.6. The van der Waals surface area contributed by atoms with E-state index in [1.165, 1.54) is 5.39 Å². The van der Waals surface area contributed by atoms with Gasteiger partial charge < -0.3 is 0 Å². The number of pyridine rings is 5. The maximum atomic E-state index is 4.92. The quantitative estimate of drug-likeness (QED) is 0.181. The van der Waals surface area contributed by atoms with Gasteiger partial charge in [0.2, 0.25) is 0 Å². The van der Waals surface area contributed by atoms with E-state index in [4.69, 9.17) is 30.0 Å². The Morgan fingerprint density at radius 1 is 0.408 bits per heavy atom. The Bertz CT molecular complexity index is 2430. The fourth-order valence-corrected chi connectivity index (χ4v) is 5.82. The first-order valence-corrected chi connectivity index (χ1v) is 15.7. The van der Waals surface area contributed by atoms with Crippen LogP contribution >= 0.6 is 0 Å². The van der Waals surface area contributed by atoms with Crippen LogP contribution in [0, 0.1) is 0 Å². The van der Waals surface area contributed by atoms with Crippen molar-refractivity contribution in [1.82, 2.24) is 44.5 Å². The molecule has 0 aliphatic heterocycles. The van der Waals surface area contributed by atoms with E-state index in [-0.39, 0.29) is 0 Å². The molecule has 0 N–H and O–H groups in total. The zero-order valence-electron chi connectivity index (χ0n) is 26.0. The number of hydrogen-bond donors (Lipinski definition) is 0. The van der Waals surface area contributed by atoms with Crippen molar-refractivity contribution in [2.24, 2.45) is 0 Å². The van der Waals surface area contributed by atoms with Gasteiger partial charge in [-0.25, -0.2) is 19.5 Å². The van der Waals surface area contributed by atoms with Crippen molar-refractivity contribution in [2.45, 2.75) is 0 Å². The monoisotopic (exact) mass is 631 g/mol. The Kier molecular flexibility index (Phi) is 6.90. The molecule has 9 aromatic rings. The van der Waals surface area contributed by atoms with E-state index in [9.17, 15) is 0 Å². The third-order valence-corrected chi connectivity index (χ3v) is 8.35. The fraction of sp³-hybridized carbons (Fsp3) is 0. The Labute approximate surface area is 280 Å². The molecule has 0 aliphatic rings. The molecule has 0 fully saturated rings. The molecular weight excluding hydrogens is 607 g/mol. The lowest BCUT2D eigenvalue weighted by Crippen LogP contribution is -2.02. The van der Waals surface area contributed by atoms with Gasteiger partial charge in [-0.15, -0.1) is 0 Å². The Hall–Kier alpha value is -7.00. The molecule has 230 valence electrons. The first-order chi connectivity index (χ1) is 24.2. The van der Waals surface area contributed by atoms with Gasteiger partial charge in [0.25, 0.3) is 0 Å². The predicted octanol–water partition coefficient (Wildman–Crippen LogP) is 8.25. The van der Waals surface area contributed by atoms with Crippen LogP contribution in [-0.4, -0.2) is 44.5 Å². The van der Waals surface area contributed by atoms with Gasteiger partial charge in [0, 0.05) is 82.1 Å². The fourth-order valence-electron chi connectivity index (χ4n) is 5.82. The van der Waals surface area contributed by atoms with E-state index in [2.05, 4.69) is 46.5 Å². The van der Waals surface area contributed by atoms with E-state index in [1.54, 1.807) is 12.4 Å². The summed E-state index contributed by atoms with van der Waals surface area (Å²) in [5.74, 6) is 1.40. The average Bonchev–Trinajstić information content (AvgIpc) is 3.61. The van der Waals surface area contributed by atoms with Crippen LogP contribution in [0.4, 0.5) is 0 Å². The number of fused-ring (bicyclic) bond motifs is 2. The molecule has 0 aliphatic carbocycles. The van der Waals surface area contributed by atoms with Crippen LogP contribution in [-0.2, 0) is 0 Å². The highest BCUT2D eigenvalue weighted by Crippen LogP contribution is 2.29. The van der Waals surface area contributed by atoms with Crippen molar-refractivity contribution in [3.05, 3.63) is 153 Å². The minimum Gasteiger partial charge on any atom is -0.264 e. The molecular formula is C40H25N9. The summed E-state index contributed by atoms with van der Waals surface area (Å²) < 4.78 is 1.92. The van der Waals surface area contributed by atoms with Crippen LogP contribution in [0.2, 0.25) is 0 Å². The number of nitrogens with zero attached hydrogens (tertiary/aromatic N) is 9. The van der Waals surface area contributed by atoms with Crippen molar-refractivity contribution in [2.75, 3.05) is 0 Å². The number of aromatic nitrogens is 9. The third kappa shape index (κ3) is 5.55. The number of rotatable bonds is 6. The van der Waals surface area contributed by atoms with E-state index in [0.29, 0.717) is 28.9 Å². The molecule has 2 aromatic carbocycles. The molecule has 0 saturated carbocycles. The molecule has 7 aromatic heterocycles. The summed E-state index contributed by atoms with van der Waals surface area (Å²) in [6.45, 7) is 0. The van der Waals surface area contributed by atoms with E-state index < -0.39 is 0 Å². The molecule has 0 unspecified atom stereocenters. The van der Waals surface area contributed by atoms with Crippen molar-refractivity contribution >= 4 is 16.3 Å². The summed E-state index contributed by atoms with van der Waals surface area (Å²) in [7, 11) is 0. The number of hydrogen-bond acceptors (Lipinski definition) is 8. The molecule has 0 amide bonds. The van der Waals surface area contributed by atoms with Gasteiger partial charge in [-0.2, -0.15) is 5.10 Å². The first kappa shape index (κ1) is 28.2. The Morgan fingerprint density at radius 3 is 1.61 bits per heavy atom. The summed E-state index contributed by atoms with van der Waals surface area (Å²) in [6.07, 6.45) is 12.8. The van der Waals surface area contributed by atoms with Crippen molar-refractivity contribution in [3.8, 4) is 67.9 Å². The summed E-state index contributed by atoms with van der Waals surface area (Å²) in [5.41, 5.74) is 8.75. The van der Waals surface area contributed by atoms with Crippen molar-refractivity contribution < 1.29 is 0 Å². The first-order valence-electron chi connectivity index (χ1n) is 15.7. The van der Waals surface area contributed by atoms with Crippen LogP contribution in [0.25, 0.3) is 84.2 Å². The van der Waals surface area contributed by atoms with Crippen LogP contribution < -0.4 is 0 Å². The molecule has 0 atom stereocenters. The van der Waals surface area contributed by atoms with Crippen molar-refractivity contribution in [1.29, 1.82) is 0 Å². The lowest BCUT2D eigenvalue weighted by atomic mass is 10.1. The van der Waals surface area contributed by atoms with Crippen molar-refractivity contribution in [3.63, 3.8) is 0 Å². The third-order valence-electron chi connectivity index (χ3n) is 8.35. The lowest BCUT2D eigenvalue weighted by Gasteiger charge is -2.09. The highest BCUT2D eigenvalue weighted by Gasteiger charge is 2.16. The van der Waals surface area contributed by atoms with Crippen LogP contribution in [0.1, 0.15) is 0 Å². The minimum atomic E-state index is 0.445. The number of benzene rings is 2. The second-order valence-corrected chi connectivity index (χ2v) is 11.5. The zero-order chi connectivity index (χ0) is 32.6. The van der Waals surface area contributed by atoms with Gasteiger partial charge in [-0.3, -0.25) is 19.9 Å². The van der Waals surface area contributed by atoms with Gasteiger partial charge in [0.1, 0.15) is 11.4 Å². The highest BCUT2D eigenvalue weighted by atomic mass is 15.2. The maximum absolute atomic E-state index is 4.92. The summed E-state index contributed by atoms with van der Waals surface area (Å²) >= 11 is 0. The largest absolute Gasteiger partial charge is 0.264 e. The molecule has 9 heteroatoms. The van der Waals surface area contributed by atoms with Gasteiger partial charge in [0.15, 0.2) is 17.5 Å². The van der Waals surface area contributed by atoms with E-state index in [0.717, 1.165) is 50.0 Å². The van der Waals surface area contributed by atoms with Crippen LogP contribution in [0.15, 0.2) is 153 Å². The second-order valence-electron chi connectivity index (χ2n) is 11.5. The van der Waals surface area contributed by atoms with Gasteiger partial charge >= 0.3 is 0 Å². The standard InChI is InChI=1S/C40H25N9/c1-2-7-33-25-49-34(19-26(33)6-1)20-37(48-49)27-8-3-9-28(18-27)38-45-39(35-14-12-31(23-43-35)29-10-4-16-41-21-29)47-40(46-38)36-15-13-32(24-44-36)30-11-5-17-42-22-30/h1-25H. The maximum Gasteiger partial charge on any atom is 0.182 e. The Balaban J connectivity index is 1.13. The lowest BCUT2D eigenvalue weighted by molar-refractivity contribution is 0.974. The van der Waals surface area contributed by atoms with Crippen LogP contribution in [0.3, 0.4) is 0 Å². The Morgan fingerprint density at radius 2 is 1.00 bits per heavy atom. The average molecular weight is 632 g/mol. The normalized spacial score (nSPS) is 11.3. The predicted molar refractivity (Wildman–Crippen MR) is 190 cm³/mol. The molecule has 9 rings (SSSR count). The highest BCUT2D eigenvalue weighted by molar-refractivity contribution is 5.86. The van der Waals surface area contributed by atoms with E-state index >= 15 is 0 Å². The molecule has 0 radical (unpaired) electrons. The molecule has 0 bridgehead atoms. The molecule has 7 heterocycles. The van der Waals surface area contributed by atoms with Gasteiger partial charge in [-0.1, -0.05) is 66.7 Å². The summed E-state index contributed by atoms with van der Waals surface area (Å²) in [5, 5.41) is 7.20. The SMILES string of the molecule is c1cncc(-c2ccc(-c3nc(-c4cccc(-c5cc6cc7ccccc7cn6n5)c4)nc(-c4ccc(-c5cccnc5)cn4)n3)nc2)c1.